The zero-order valence-electron chi connectivity index (χ0n) is 7.61. The standard InChI is InChI=1S/C11H6ClNS2/c12-11-10-9(5-6-14-10)15-8-4-2-1-3-7(8)13-11/h1-6H. The van der Waals surface area contributed by atoms with Crippen molar-refractivity contribution in [3.63, 3.8) is 0 Å². The third-order valence-corrected chi connectivity index (χ3v) is 4.68. The molecule has 0 radical (unpaired) electrons. The molecule has 1 aliphatic rings. The van der Waals surface area contributed by atoms with E-state index < -0.39 is 0 Å². The lowest BCUT2D eigenvalue weighted by Gasteiger charge is -1.99. The molecule has 0 aliphatic carbocycles. The van der Waals surface area contributed by atoms with E-state index in [1.807, 2.05) is 23.6 Å². The Morgan fingerprint density at radius 3 is 2.87 bits per heavy atom. The van der Waals surface area contributed by atoms with Crippen molar-refractivity contribution in [3.8, 4) is 0 Å². The van der Waals surface area contributed by atoms with Crippen molar-refractivity contribution in [1.82, 2.24) is 0 Å². The highest BCUT2D eigenvalue weighted by molar-refractivity contribution is 7.99. The average molecular weight is 252 g/mol. The Labute approximate surface area is 101 Å². The van der Waals surface area contributed by atoms with Gasteiger partial charge in [0, 0.05) is 9.79 Å². The minimum absolute atomic E-state index is 0.595. The fraction of sp³-hybridized carbons (Fsp3) is 0. The lowest BCUT2D eigenvalue weighted by molar-refractivity contribution is 1.39. The molecular weight excluding hydrogens is 246 g/mol. The van der Waals surface area contributed by atoms with Gasteiger partial charge in [-0.15, -0.1) is 11.3 Å². The highest BCUT2D eigenvalue weighted by Gasteiger charge is 2.16. The molecule has 1 aromatic heterocycles. The molecule has 2 heterocycles. The van der Waals surface area contributed by atoms with Gasteiger partial charge < -0.3 is 0 Å². The smallest absolute Gasteiger partial charge is 0.148 e. The molecule has 0 unspecified atom stereocenters. The highest BCUT2D eigenvalue weighted by Crippen LogP contribution is 2.42. The van der Waals surface area contributed by atoms with Crippen LogP contribution in [0, 0.1) is 0 Å². The van der Waals surface area contributed by atoms with Gasteiger partial charge in [-0.05, 0) is 23.6 Å². The summed E-state index contributed by atoms with van der Waals surface area (Å²) in [5.41, 5.74) is 0.955. The molecule has 0 amide bonds. The predicted octanol–water partition coefficient (Wildman–Crippen LogP) is 4.53. The molecule has 0 spiro atoms. The van der Waals surface area contributed by atoms with Crippen LogP contribution in [-0.2, 0) is 0 Å². The zero-order valence-corrected chi connectivity index (χ0v) is 9.99. The topological polar surface area (TPSA) is 12.4 Å². The first-order chi connectivity index (χ1) is 7.34. The van der Waals surface area contributed by atoms with Gasteiger partial charge in [0.2, 0.25) is 0 Å². The molecule has 4 heteroatoms. The predicted molar refractivity (Wildman–Crippen MR) is 66.9 cm³/mol. The molecule has 1 aromatic carbocycles. The van der Waals surface area contributed by atoms with Crippen molar-refractivity contribution in [2.45, 2.75) is 9.79 Å². The molecule has 3 rings (SSSR count). The van der Waals surface area contributed by atoms with E-state index >= 15 is 0 Å². The third kappa shape index (κ3) is 1.61. The fourth-order valence-corrected chi connectivity index (χ4v) is 3.77. The number of hydrogen-bond donors (Lipinski definition) is 0. The van der Waals surface area contributed by atoms with E-state index in [0.29, 0.717) is 5.17 Å². The molecule has 1 nitrogen and oxygen atoms in total. The quantitative estimate of drug-likeness (QED) is 0.670. The number of fused-ring (bicyclic) bond motifs is 2. The largest absolute Gasteiger partial charge is 0.234 e. The minimum atomic E-state index is 0.595. The van der Waals surface area contributed by atoms with E-state index in [9.17, 15) is 0 Å². The number of para-hydroxylation sites is 1. The van der Waals surface area contributed by atoms with Crippen molar-refractivity contribution >= 4 is 45.6 Å². The normalized spacial score (nSPS) is 13.8. The summed E-state index contributed by atoms with van der Waals surface area (Å²) >= 11 is 9.53. The minimum Gasteiger partial charge on any atom is -0.234 e. The molecule has 0 atom stereocenters. The maximum absolute atomic E-state index is 6.17. The van der Waals surface area contributed by atoms with Gasteiger partial charge in [-0.3, -0.25) is 0 Å². The van der Waals surface area contributed by atoms with E-state index in [-0.39, 0.29) is 0 Å². The van der Waals surface area contributed by atoms with Crippen molar-refractivity contribution in [2.75, 3.05) is 0 Å². The van der Waals surface area contributed by atoms with Crippen LogP contribution in [0.4, 0.5) is 5.69 Å². The highest BCUT2D eigenvalue weighted by atomic mass is 35.5. The van der Waals surface area contributed by atoms with Crippen LogP contribution >= 0.6 is 34.7 Å². The van der Waals surface area contributed by atoms with E-state index in [1.165, 1.54) is 4.90 Å². The number of halogens is 1. The Morgan fingerprint density at radius 2 is 1.93 bits per heavy atom. The molecule has 1 aliphatic heterocycles. The van der Waals surface area contributed by atoms with Crippen LogP contribution in [0.2, 0.25) is 0 Å². The maximum atomic E-state index is 6.17. The number of aliphatic imine (C=N–C) groups is 1. The number of benzene rings is 1. The summed E-state index contributed by atoms with van der Waals surface area (Å²) in [5, 5.41) is 2.64. The fourth-order valence-electron chi connectivity index (χ4n) is 1.44. The van der Waals surface area contributed by atoms with Gasteiger partial charge in [-0.25, -0.2) is 4.99 Å². The first-order valence-corrected chi connectivity index (χ1v) is 6.51. The Bertz CT molecular complexity index is 545. The molecule has 0 saturated heterocycles. The number of hydrogen-bond acceptors (Lipinski definition) is 3. The Morgan fingerprint density at radius 1 is 1.07 bits per heavy atom. The van der Waals surface area contributed by atoms with Crippen LogP contribution in [0.25, 0.3) is 0 Å². The van der Waals surface area contributed by atoms with Gasteiger partial charge in [0.25, 0.3) is 0 Å². The molecular formula is C11H6ClNS2. The van der Waals surface area contributed by atoms with Gasteiger partial charge in [0.15, 0.2) is 0 Å². The van der Waals surface area contributed by atoms with Crippen LogP contribution < -0.4 is 0 Å². The van der Waals surface area contributed by atoms with Crippen LogP contribution in [0.1, 0.15) is 4.88 Å². The Kier molecular flexibility index (Phi) is 2.31. The van der Waals surface area contributed by atoms with Crippen LogP contribution in [0.3, 0.4) is 0 Å². The summed E-state index contributed by atoms with van der Waals surface area (Å²) in [7, 11) is 0. The van der Waals surface area contributed by atoms with Crippen molar-refractivity contribution < 1.29 is 0 Å². The zero-order chi connectivity index (χ0) is 10.3. The van der Waals surface area contributed by atoms with E-state index in [4.69, 9.17) is 11.6 Å². The summed E-state index contributed by atoms with van der Waals surface area (Å²) in [6.07, 6.45) is 0. The molecule has 0 bridgehead atoms. The summed E-state index contributed by atoms with van der Waals surface area (Å²) < 4.78 is 0. The Hall–Kier alpha value is -0.770. The van der Waals surface area contributed by atoms with E-state index in [2.05, 4.69) is 17.1 Å². The first-order valence-electron chi connectivity index (χ1n) is 4.43. The summed E-state index contributed by atoms with van der Waals surface area (Å²) in [4.78, 5) is 7.85. The second-order valence-electron chi connectivity index (χ2n) is 3.09. The summed E-state index contributed by atoms with van der Waals surface area (Å²) in [6.45, 7) is 0. The van der Waals surface area contributed by atoms with Crippen molar-refractivity contribution in [1.29, 1.82) is 0 Å². The van der Waals surface area contributed by atoms with E-state index in [1.54, 1.807) is 23.1 Å². The van der Waals surface area contributed by atoms with Gasteiger partial charge in [-0.1, -0.05) is 35.5 Å². The lowest BCUT2D eigenvalue weighted by Crippen LogP contribution is -1.84. The van der Waals surface area contributed by atoms with Gasteiger partial charge in [-0.2, -0.15) is 0 Å². The monoisotopic (exact) mass is 251 g/mol. The van der Waals surface area contributed by atoms with Crippen LogP contribution in [-0.4, -0.2) is 5.17 Å². The Balaban J connectivity index is 2.25. The summed E-state index contributed by atoms with van der Waals surface area (Å²) in [6, 6.07) is 10.1. The van der Waals surface area contributed by atoms with Gasteiger partial charge in [0.1, 0.15) is 5.17 Å². The molecule has 0 saturated carbocycles. The number of rotatable bonds is 0. The first kappa shape index (κ1) is 9.46. The molecule has 15 heavy (non-hydrogen) atoms. The lowest BCUT2D eigenvalue weighted by atomic mass is 10.3. The van der Waals surface area contributed by atoms with Gasteiger partial charge in [0.05, 0.1) is 10.6 Å². The third-order valence-electron chi connectivity index (χ3n) is 2.12. The second-order valence-corrected chi connectivity index (χ2v) is 5.44. The molecule has 74 valence electrons. The average Bonchev–Trinajstić information content (AvgIpc) is 2.64. The van der Waals surface area contributed by atoms with Crippen molar-refractivity contribution in [3.05, 3.63) is 40.6 Å². The van der Waals surface area contributed by atoms with Gasteiger partial charge >= 0.3 is 0 Å². The maximum Gasteiger partial charge on any atom is 0.148 e. The van der Waals surface area contributed by atoms with E-state index in [0.717, 1.165) is 15.5 Å². The van der Waals surface area contributed by atoms with Crippen molar-refractivity contribution in [2.24, 2.45) is 4.99 Å². The second kappa shape index (κ2) is 3.67. The van der Waals surface area contributed by atoms with Crippen LogP contribution in [0.15, 0.2) is 50.5 Å². The number of nitrogens with zero attached hydrogens (tertiary/aromatic N) is 1. The summed E-state index contributed by atoms with van der Waals surface area (Å²) in [5.74, 6) is 0. The molecule has 0 N–H and O–H groups in total. The molecule has 2 aromatic rings. The SMILES string of the molecule is ClC1=Nc2ccccc2Sc2ccsc21. The number of thiophene rings is 1. The molecule has 0 fully saturated rings. The van der Waals surface area contributed by atoms with Crippen LogP contribution in [0.5, 0.6) is 0 Å².